The lowest BCUT2D eigenvalue weighted by Gasteiger charge is -2.09. The molecule has 1 aromatic carbocycles. The lowest BCUT2D eigenvalue weighted by atomic mass is 10.1. The molecule has 8 heteroatoms. The van der Waals surface area contributed by atoms with Gasteiger partial charge >= 0.3 is 0 Å². The van der Waals surface area contributed by atoms with Gasteiger partial charge in [0.2, 0.25) is 5.65 Å². The molecule has 0 saturated carbocycles. The van der Waals surface area contributed by atoms with Crippen molar-refractivity contribution in [2.75, 3.05) is 5.73 Å². The average Bonchev–Trinajstić information content (AvgIpc) is 3.14. The number of nitrogens with two attached hydrogens (primary N) is 1. The number of nitrogens with zero attached hydrogens (tertiary/aromatic N) is 5. The standard InChI is InChI=1S/C14H13N7O/c1-21-11-4-2-3-8(9(11)5-17-21)7-22-13-10(15)6-16-14-12(13)18-20-19-14/h2-6H,7,15H2,1H3,(H,16,18,19,20). The summed E-state index contributed by atoms with van der Waals surface area (Å²) in [6.07, 6.45) is 3.35. The van der Waals surface area contributed by atoms with Crippen molar-refractivity contribution in [3.05, 3.63) is 36.2 Å². The molecule has 110 valence electrons. The van der Waals surface area contributed by atoms with Crippen LogP contribution in [-0.2, 0) is 13.7 Å². The molecule has 3 N–H and O–H groups in total. The molecule has 0 spiro atoms. The van der Waals surface area contributed by atoms with Crippen molar-refractivity contribution in [3.63, 3.8) is 0 Å². The second kappa shape index (κ2) is 4.69. The quantitative estimate of drug-likeness (QED) is 0.591. The van der Waals surface area contributed by atoms with Gasteiger partial charge in [-0.25, -0.2) is 4.98 Å². The van der Waals surface area contributed by atoms with Gasteiger partial charge in [-0.2, -0.15) is 15.4 Å². The van der Waals surface area contributed by atoms with Crippen LogP contribution in [0.15, 0.2) is 30.6 Å². The van der Waals surface area contributed by atoms with E-state index in [-0.39, 0.29) is 0 Å². The Hall–Kier alpha value is -3.16. The van der Waals surface area contributed by atoms with Gasteiger partial charge in [0.05, 0.1) is 23.6 Å². The van der Waals surface area contributed by atoms with Crippen LogP contribution in [-0.4, -0.2) is 30.2 Å². The van der Waals surface area contributed by atoms with Gasteiger partial charge in [-0.15, -0.1) is 5.10 Å². The summed E-state index contributed by atoms with van der Waals surface area (Å²) in [5.41, 5.74) is 9.45. The second-order valence-corrected chi connectivity index (χ2v) is 4.95. The second-order valence-electron chi connectivity index (χ2n) is 4.95. The van der Waals surface area contributed by atoms with Crippen molar-refractivity contribution in [3.8, 4) is 5.75 Å². The lowest BCUT2D eigenvalue weighted by Crippen LogP contribution is -2.01. The number of hydrogen-bond acceptors (Lipinski definition) is 6. The summed E-state index contributed by atoms with van der Waals surface area (Å²) in [4.78, 5) is 4.09. The van der Waals surface area contributed by atoms with Crippen molar-refractivity contribution in [2.45, 2.75) is 6.61 Å². The predicted octanol–water partition coefficient (Wildman–Crippen LogP) is 1.40. The van der Waals surface area contributed by atoms with E-state index in [4.69, 9.17) is 10.5 Å². The molecule has 0 bridgehead atoms. The summed E-state index contributed by atoms with van der Waals surface area (Å²) in [7, 11) is 1.91. The largest absolute Gasteiger partial charge is 0.484 e. The third-order valence-electron chi connectivity index (χ3n) is 3.59. The molecule has 0 fully saturated rings. The zero-order valence-electron chi connectivity index (χ0n) is 11.8. The minimum atomic E-state index is 0.360. The molecule has 0 atom stereocenters. The monoisotopic (exact) mass is 295 g/mol. The molecule has 8 nitrogen and oxygen atoms in total. The number of ether oxygens (including phenoxy) is 1. The van der Waals surface area contributed by atoms with E-state index < -0.39 is 0 Å². The number of anilines is 1. The van der Waals surface area contributed by atoms with Crippen molar-refractivity contribution in [2.24, 2.45) is 7.05 Å². The first kappa shape index (κ1) is 12.6. The van der Waals surface area contributed by atoms with Crippen molar-refractivity contribution < 1.29 is 4.74 Å². The molecule has 3 aromatic heterocycles. The topological polar surface area (TPSA) is 108 Å². The van der Waals surface area contributed by atoms with Crippen LogP contribution < -0.4 is 10.5 Å². The highest BCUT2D eigenvalue weighted by Crippen LogP contribution is 2.29. The zero-order valence-corrected chi connectivity index (χ0v) is 11.8. The summed E-state index contributed by atoms with van der Waals surface area (Å²) >= 11 is 0. The van der Waals surface area contributed by atoms with Gasteiger partial charge in [0, 0.05) is 18.0 Å². The molecule has 4 rings (SSSR count). The first-order chi connectivity index (χ1) is 10.7. The highest BCUT2D eigenvalue weighted by Gasteiger charge is 2.13. The van der Waals surface area contributed by atoms with Crippen LogP contribution in [0.5, 0.6) is 5.75 Å². The lowest BCUT2D eigenvalue weighted by molar-refractivity contribution is 0.312. The Morgan fingerprint density at radius 3 is 3.09 bits per heavy atom. The number of hydrogen-bond donors (Lipinski definition) is 2. The Kier molecular flexibility index (Phi) is 2.68. The van der Waals surface area contributed by atoms with E-state index in [9.17, 15) is 0 Å². The summed E-state index contributed by atoms with van der Waals surface area (Å²) in [5, 5.41) is 15.8. The number of aryl methyl sites for hydroxylation is 1. The highest BCUT2D eigenvalue weighted by atomic mass is 16.5. The molecule has 0 radical (unpaired) electrons. The van der Waals surface area contributed by atoms with Crippen molar-refractivity contribution in [1.82, 2.24) is 30.2 Å². The molecule has 4 aromatic rings. The van der Waals surface area contributed by atoms with Gasteiger partial charge < -0.3 is 10.5 Å². The predicted molar refractivity (Wildman–Crippen MR) is 81.1 cm³/mol. The van der Waals surface area contributed by atoms with Crippen LogP contribution in [0.2, 0.25) is 0 Å². The fourth-order valence-corrected chi connectivity index (χ4v) is 2.46. The van der Waals surface area contributed by atoms with Gasteiger partial charge in [0.15, 0.2) is 11.3 Å². The van der Waals surface area contributed by atoms with Gasteiger partial charge in [-0.1, -0.05) is 12.1 Å². The van der Waals surface area contributed by atoms with E-state index in [0.717, 1.165) is 16.5 Å². The Balaban J connectivity index is 1.71. The minimum absolute atomic E-state index is 0.360. The van der Waals surface area contributed by atoms with E-state index in [1.54, 1.807) is 0 Å². The molecular formula is C14H13N7O. The van der Waals surface area contributed by atoms with Crippen LogP contribution in [0.25, 0.3) is 22.1 Å². The number of pyridine rings is 1. The van der Waals surface area contributed by atoms with E-state index in [1.165, 1.54) is 6.20 Å². The Morgan fingerprint density at radius 1 is 1.27 bits per heavy atom. The number of aromatic nitrogens is 6. The number of benzene rings is 1. The summed E-state index contributed by atoms with van der Waals surface area (Å²) in [6.45, 7) is 0.360. The maximum Gasteiger partial charge on any atom is 0.205 e. The van der Waals surface area contributed by atoms with E-state index in [2.05, 4.69) is 25.5 Å². The number of nitrogen functional groups attached to an aromatic ring is 1. The highest BCUT2D eigenvalue weighted by molar-refractivity contribution is 5.84. The zero-order chi connectivity index (χ0) is 15.1. The van der Waals surface area contributed by atoms with E-state index >= 15 is 0 Å². The molecular weight excluding hydrogens is 282 g/mol. The van der Waals surface area contributed by atoms with Gasteiger partial charge in [-0.3, -0.25) is 4.68 Å². The molecule has 0 aliphatic carbocycles. The molecule has 22 heavy (non-hydrogen) atoms. The Labute approximate surface area is 124 Å². The molecule has 3 heterocycles. The molecule has 0 aliphatic heterocycles. The Bertz CT molecular complexity index is 972. The number of fused-ring (bicyclic) bond motifs is 2. The van der Waals surface area contributed by atoms with Crippen LogP contribution in [0.3, 0.4) is 0 Å². The summed E-state index contributed by atoms with van der Waals surface area (Å²) in [6, 6.07) is 5.99. The summed E-state index contributed by atoms with van der Waals surface area (Å²) < 4.78 is 7.72. The van der Waals surface area contributed by atoms with Crippen molar-refractivity contribution in [1.29, 1.82) is 0 Å². The van der Waals surface area contributed by atoms with Crippen LogP contribution in [0.4, 0.5) is 5.69 Å². The van der Waals surface area contributed by atoms with Crippen LogP contribution in [0, 0.1) is 0 Å². The first-order valence-corrected chi connectivity index (χ1v) is 6.71. The number of aromatic amines is 1. The van der Waals surface area contributed by atoms with Crippen molar-refractivity contribution >= 4 is 27.8 Å². The Morgan fingerprint density at radius 2 is 2.18 bits per heavy atom. The molecule has 0 saturated heterocycles. The molecule has 0 aliphatic rings. The first-order valence-electron chi connectivity index (χ1n) is 6.71. The van der Waals surface area contributed by atoms with Gasteiger partial charge in [0.25, 0.3) is 0 Å². The van der Waals surface area contributed by atoms with Crippen LogP contribution >= 0.6 is 0 Å². The number of H-pyrrole nitrogens is 1. The third-order valence-corrected chi connectivity index (χ3v) is 3.59. The maximum absolute atomic E-state index is 5.94. The van der Waals surface area contributed by atoms with E-state index in [0.29, 0.717) is 29.2 Å². The third kappa shape index (κ3) is 1.85. The van der Waals surface area contributed by atoms with E-state index in [1.807, 2.05) is 36.1 Å². The summed E-state index contributed by atoms with van der Waals surface area (Å²) in [5.74, 6) is 0.486. The SMILES string of the molecule is Cn1ncc2c(COc3c(N)cnc4n[nH]nc34)cccc21. The van der Waals surface area contributed by atoms with Gasteiger partial charge in [0.1, 0.15) is 6.61 Å². The normalized spacial score (nSPS) is 11.3. The smallest absolute Gasteiger partial charge is 0.205 e. The fourth-order valence-electron chi connectivity index (χ4n) is 2.46. The van der Waals surface area contributed by atoms with Gasteiger partial charge in [-0.05, 0) is 6.07 Å². The number of rotatable bonds is 3. The maximum atomic E-state index is 5.94. The minimum Gasteiger partial charge on any atom is -0.484 e. The van der Waals surface area contributed by atoms with Crippen LogP contribution in [0.1, 0.15) is 5.56 Å². The average molecular weight is 295 g/mol. The number of nitrogens with one attached hydrogen (secondary N) is 1. The molecule has 0 unspecified atom stereocenters. The fraction of sp³-hybridized carbons (Fsp3) is 0.143. The molecule has 0 amide bonds.